The van der Waals surface area contributed by atoms with Gasteiger partial charge in [-0.25, -0.2) is 0 Å². The SMILES string of the molecule is Nc1ccc(B(O)O)cc1Br. The first-order valence-electron chi connectivity index (χ1n) is 3.02. The summed E-state index contributed by atoms with van der Waals surface area (Å²) in [7, 11) is -1.44. The number of anilines is 1. The van der Waals surface area contributed by atoms with Crippen LogP contribution in [0, 0.1) is 0 Å². The van der Waals surface area contributed by atoms with Gasteiger partial charge in [-0.2, -0.15) is 0 Å². The van der Waals surface area contributed by atoms with E-state index in [1.165, 1.54) is 0 Å². The lowest BCUT2D eigenvalue weighted by atomic mass is 9.80. The zero-order valence-corrected chi connectivity index (χ0v) is 7.25. The predicted octanol–water partition coefficient (Wildman–Crippen LogP) is -0.289. The van der Waals surface area contributed by atoms with Crippen molar-refractivity contribution in [2.24, 2.45) is 0 Å². The molecule has 0 aliphatic heterocycles. The molecule has 1 rings (SSSR count). The fourth-order valence-corrected chi connectivity index (χ4v) is 1.10. The van der Waals surface area contributed by atoms with E-state index in [-0.39, 0.29) is 0 Å². The van der Waals surface area contributed by atoms with Crippen LogP contribution in [0.2, 0.25) is 0 Å². The van der Waals surface area contributed by atoms with Crippen molar-refractivity contribution >= 4 is 34.2 Å². The minimum absolute atomic E-state index is 0.422. The van der Waals surface area contributed by atoms with Crippen molar-refractivity contribution in [3.63, 3.8) is 0 Å². The van der Waals surface area contributed by atoms with Crippen molar-refractivity contribution in [3.8, 4) is 0 Å². The second-order valence-corrected chi connectivity index (χ2v) is 3.01. The summed E-state index contributed by atoms with van der Waals surface area (Å²) >= 11 is 3.17. The molecule has 0 aliphatic carbocycles. The molecule has 0 saturated heterocycles. The summed E-state index contributed by atoms with van der Waals surface area (Å²) in [6.07, 6.45) is 0. The summed E-state index contributed by atoms with van der Waals surface area (Å²) in [4.78, 5) is 0. The van der Waals surface area contributed by atoms with Crippen LogP contribution in [0.1, 0.15) is 0 Å². The third-order valence-corrected chi connectivity index (χ3v) is 2.01. The predicted molar refractivity (Wildman–Crippen MR) is 48.4 cm³/mol. The maximum atomic E-state index is 8.73. The summed E-state index contributed by atoms with van der Waals surface area (Å²) in [5.74, 6) is 0. The van der Waals surface area contributed by atoms with E-state index in [1.807, 2.05) is 0 Å². The molecule has 0 aliphatic rings. The topological polar surface area (TPSA) is 66.5 Å². The Kier molecular flexibility index (Phi) is 2.54. The van der Waals surface area contributed by atoms with Gasteiger partial charge < -0.3 is 15.8 Å². The van der Waals surface area contributed by atoms with Crippen LogP contribution in [0.3, 0.4) is 0 Å². The Hall–Kier alpha value is -0.515. The molecule has 1 aromatic carbocycles. The first-order chi connectivity index (χ1) is 5.11. The Labute approximate surface area is 73.1 Å². The molecule has 1 aromatic rings. The average molecular weight is 216 g/mol. The molecule has 0 aromatic heterocycles. The highest BCUT2D eigenvalue weighted by Gasteiger charge is 2.10. The highest BCUT2D eigenvalue weighted by Crippen LogP contribution is 2.16. The van der Waals surface area contributed by atoms with E-state index < -0.39 is 7.12 Å². The smallest absolute Gasteiger partial charge is 0.423 e. The molecular formula is C6H7BBrNO2. The standard InChI is InChI=1S/C6H7BBrNO2/c8-5-3-4(7(10)11)1-2-6(5)9/h1-3,10-11H,9H2. The molecule has 0 saturated carbocycles. The minimum atomic E-state index is -1.44. The number of nitrogens with two attached hydrogens (primary N) is 1. The maximum Gasteiger partial charge on any atom is 0.488 e. The zero-order valence-electron chi connectivity index (χ0n) is 5.66. The van der Waals surface area contributed by atoms with Gasteiger partial charge in [0.25, 0.3) is 0 Å². The zero-order chi connectivity index (χ0) is 8.43. The van der Waals surface area contributed by atoms with Crippen molar-refractivity contribution in [2.45, 2.75) is 0 Å². The quantitative estimate of drug-likeness (QED) is 0.446. The first kappa shape index (κ1) is 8.58. The van der Waals surface area contributed by atoms with E-state index >= 15 is 0 Å². The summed E-state index contributed by atoms with van der Waals surface area (Å²) in [6.45, 7) is 0. The lowest BCUT2D eigenvalue weighted by Gasteiger charge is -2.01. The van der Waals surface area contributed by atoms with Crippen molar-refractivity contribution in [1.29, 1.82) is 0 Å². The molecule has 0 amide bonds. The van der Waals surface area contributed by atoms with Crippen LogP contribution in [0.5, 0.6) is 0 Å². The molecule has 0 fully saturated rings. The van der Waals surface area contributed by atoms with E-state index in [4.69, 9.17) is 15.8 Å². The highest BCUT2D eigenvalue weighted by atomic mass is 79.9. The number of hydrogen-bond acceptors (Lipinski definition) is 3. The largest absolute Gasteiger partial charge is 0.488 e. The van der Waals surface area contributed by atoms with Crippen LogP contribution in [-0.2, 0) is 0 Å². The normalized spacial score (nSPS) is 9.73. The number of hydrogen-bond donors (Lipinski definition) is 3. The molecule has 58 valence electrons. The molecule has 0 radical (unpaired) electrons. The molecule has 0 bridgehead atoms. The molecular weight excluding hydrogens is 209 g/mol. The number of benzene rings is 1. The van der Waals surface area contributed by atoms with Gasteiger partial charge in [0.05, 0.1) is 0 Å². The second-order valence-electron chi connectivity index (χ2n) is 2.15. The van der Waals surface area contributed by atoms with Gasteiger partial charge in [-0.3, -0.25) is 0 Å². The van der Waals surface area contributed by atoms with E-state index in [0.29, 0.717) is 15.6 Å². The summed E-state index contributed by atoms with van der Waals surface area (Å²) in [6, 6.07) is 4.74. The highest BCUT2D eigenvalue weighted by molar-refractivity contribution is 9.10. The lowest BCUT2D eigenvalue weighted by Crippen LogP contribution is -2.29. The van der Waals surface area contributed by atoms with Crippen LogP contribution >= 0.6 is 15.9 Å². The minimum Gasteiger partial charge on any atom is -0.423 e. The summed E-state index contributed by atoms with van der Waals surface area (Å²) in [5.41, 5.74) is 6.48. The second kappa shape index (κ2) is 3.25. The first-order valence-corrected chi connectivity index (χ1v) is 3.81. The molecule has 0 unspecified atom stereocenters. The fourth-order valence-electron chi connectivity index (χ4n) is 0.704. The van der Waals surface area contributed by atoms with Gasteiger partial charge in [0.1, 0.15) is 0 Å². The summed E-state index contributed by atoms with van der Waals surface area (Å²) < 4.78 is 0.670. The van der Waals surface area contributed by atoms with Gasteiger partial charge in [0.15, 0.2) is 0 Å². The number of halogens is 1. The molecule has 4 N–H and O–H groups in total. The molecule has 0 heterocycles. The average Bonchev–Trinajstić information content (AvgIpc) is 1.94. The molecule has 0 atom stereocenters. The van der Waals surface area contributed by atoms with Crippen molar-refractivity contribution in [3.05, 3.63) is 22.7 Å². The van der Waals surface area contributed by atoms with Crippen LogP contribution in [0.25, 0.3) is 0 Å². The van der Waals surface area contributed by atoms with Crippen molar-refractivity contribution in [1.82, 2.24) is 0 Å². The van der Waals surface area contributed by atoms with Gasteiger partial charge in [-0.1, -0.05) is 6.07 Å². The van der Waals surface area contributed by atoms with Crippen LogP contribution in [-0.4, -0.2) is 17.2 Å². The number of rotatable bonds is 1. The monoisotopic (exact) mass is 215 g/mol. The number of nitrogen functional groups attached to an aromatic ring is 1. The molecule has 3 nitrogen and oxygen atoms in total. The third-order valence-electron chi connectivity index (χ3n) is 1.32. The maximum absolute atomic E-state index is 8.73. The van der Waals surface area contributed by atoms with Crippen LogP contribution in [0.15, 0.2) is 22.7 Å². The Morgan fingerprint density at radius 2 is 2.00 bits per heavy atom. The van der Waals surface area contributed by atoms with E-state index in [2.05, 4.69) is 15.9 Å². The van der Waals surface area contributed by atoms with Crippen LogP contribution < -0.4 is 11.2 Å². The van der Waals surface area contributed by atoms with E-state index in [9.17, 15) is 0 Å². The molecule has 5 heteroatoms. The Balaban J connectivity index is 3.05. The van der Waals surface area contributed by atoms with Gasteiger partial charge in [0.2, 0.25) is 0 Å². The van der Waals surface area contributed by atoms with Crippen molar-refractivity contribution < 1.29 is 10.0 Å². The Morgan fingerprint density at radius 1 is 1.36 bits per heavy atom. The lowest BCUT2D eigenvalue weighted by molar-refractivity contribution is 0.426. The molecule has 11 heavy (non-hydrogen) atoms. The molecule has 0 spiro atoms. The van der Waals surface area contributed by atoms with E-state index in [1.54, 1.807) is 18.2 Å². The van der Waals surface area contributed by atoms with Gasteiger partial charge in [-0.05, 0) is 33.5 Å². The Morgan fingerprint density at radius 3 is 2.45 bits per heavy atom. The van der Waals surface area contributed by atoms with E-state index in [0.717, 1.165) is 0 Å². The van der Waals surface area contributed by atoms with Crippen LogP contribution in [0.4, 0.5) is 5.69 Å². The van der Waals surface area contributed by atoms with Gasteiger partial charge in [0, 0.05) is 10.2 Å². The summed E-state index contributed by atoms with van der Waals surface area (Å²) in [5, 5.41) is 17.5. The third kappa shape index (κ3) is 1.96. The fraction of sp³-hybridized carbons (Fsp3) is 0. The Bertz CT molecular complexity index is 267. The van der Waals surface area contributed by atoms with Crippen molar-refractivity contribution in [2.75, 3.05) is 5.73 Å². The van der Waals surface area contributed by atoms with Gasteiger partial charge in [-0.15, -0.1) is 0 Å². The van der Waals surface area contributed by atoms with Gasteiger partial charge >= 0.3 is 7.12 Å².